The van der Waals surface area contributed by atoms with Crippen molar-refractivity contribution in [2.75, 3.05) is 0 Å². The van der Waals surface area contributed by atoms with Crippen molar-refractivity contribution in [2.45, 2.75) is 19.4 Å². The van der Waals surface area contributed by atoms with Crippen LogP contribution in [0.1, 0.15) is 23.7 Å². The number of carboxylic acids is 1. The van der Waals surface area contributed by atoms with Gasteiger partial charge < -0.3 is 15.0 Å². The van der Waals surface area contributed by atoms with Crippen LogP contribution in [0.25, 0.3) is 0 Å². The van der Waals surface area contributed by atoms with Crippen molar-refractivity contribution < 1.29 is 14.7 Å². The summed E-state index contributed by atoms with van der Waals surface area (Å²) in [7, 11) is 1.54. The molecule has 6 heteroatoms. The lowest BCUT2D eigenvalue weighted by atomic mass is 10.2. The summed E-state index contributed by atoms with van der Waals surface area (Å²) in [6.07, 6.45) is 1.27. The van der Waals surface area contributed by atoms with Crippen LogP contribution in [-0.2, 0) is 11.8 Å². The zero-order valence-corrected chi connectivity index (χ0v) is 9.64. The third-order valence-electron chi connectivity index (χ3n) is 2.21. The molecular formula is C11H14N2O4. The van der Waals surface area contributed by atoms with Crippen molar-refractivity contribution in [1.29, 1.82) is 0 Å². The molecule has 1 unspecified atom stereocenters. The van der Waals surface area contributed by atoms with Gasteiger partial charge in [-0.15, -0.1) is 0 Å². The van der Waals surface area contributed by atoms with E-state index in [4.69, 9.17) is 5.11 Å². The molecule has 92 valence electrons. The Labute approximate surface area is 97.9 Å². The predicted molar refractivity (Wildman–Crippen MR) is 60.9 cm³/mol. The van der Waals surface area contributed by atoms with Crippen molar-refractivity contribution in [2.24, 2.45) is 7.05 Å². The Bertz CT molecular complexity index is 492. The fourth-order valence-corrected chi connectivity index (χ4v) is 1.35. The van der Waals surface area contributed by atoms with Crippen molar-refractivity contribution in [1.82, 2.24) is 9.88 Å². The van der Waals surface area contributed by atoms with Gasteiger partial charge in [0.25, 0.3) is 5.91 Å². The Hall–Kier alpha value is -2.11. The van der Waals surface area contributed by atoms with Crippen LogP contribution >= 0.6 is 0 Å². The molecule has 1 atom stereocenters. The van der Waals surface area contributed by atoms with Crippen LogP contribution in [0.3, 0.4) is 0 Å². The van der Waals surface area contributed by atoms with Crippen molar-refractivity contribution in [3.05, 3.63) is 34.2 Å². The second-order valence-corrected chi connectivity index (χ2v) is 3.84. The number of carbonyl (C=O) groups is 2. The van der Waals surface area contributed by atoms with Crippen LogP contribution in [0.2, 0.25) is 0 Å². The SMILES string of the molecule is CC(CC(=O)O)NC(=O)c1ccc(=O)n(C)c1. The molecule has 0 aliphatic carbocycles. The number of aromatic nitrogens is 1. The van der Waals surface area contributed by atoms with E-state index in [1.807, 2.05) is 0 Å². The molecule has 0 spiro atoms. The zero-order valence-electron chi connectivity index (χ0n) is 9.64. The van der Waals surface area contributed by atoms with Gasteiger partial charge in [0.1, 0.15) is 0 Å². The van der Waals surface area contributed by atoms with Crippen molar-refractivity contribution in [3.8, 4) is 0 Å². The fraction of sp³-hybridized carbons (Fsp3) is 0.364. The third-order valence-corrected chi connectivity index (χ3v) is 2.21. The van der Waals surface area contributed by atoms with Gasteiger partial charge in [0.15, 0.2) is 0 Å². The quantitative estimate of drug-likeness (QED) is 0.771. The van der Waals surface area contributed by atoms with E-state index in [9.17, 15) is 14.4 Å². The molecule has 1 aromatic heterocycles. The van der Waals surface area contributed by atoms with Crippen LogP contribution in [-0.4, -0.2) is 27.6 Å². The molecule has 0 saturated heterocycles. The lowest BCUT2D eigenvalue weighted by Crippen LogP contribution is -2.34. The number of nitrogens with one attached hydrogen (secondary N) is 1. The minimum Gasteiger partial charge on any atom is -0.481 e. The molecule has 1 amide bonds. The van der Waals surface area contributed by atoms with Crippen LogP contribution < -0.4 is 10.9 Å². The molecule has 0 radical (unpaired) electrons. The molecule has 0 bridgehead atoms. The van der Waals surface area contributed by atoms with Crippen molar-refractivity contribution in [3.63, 3.8) is 0 Å². The fourth-order valence-electron chi connectivity index (χ4n) is 1.35. The van der Waals surface area contributed by atoms with Crippen LogP contribution in [0.4, 0.5) is 0 Å². The Morgan fingerprint density at radius 2 is 2.12 bits per heavy atom. The molecule has 2 N–H and O–H groups in total. The molecule has 0 aromatic carbocycles. The third kappa shape index (κ3) is 3.75. The maximum Gasteiger partial charge on any atom is 0.305 e. The molecule has 6 nitrogen and oxygen atoms in total. The van der Waals surface area contributed by atoms with Gasteiger partial charge in [0, 0.05) is 25.4 Å². The summed E-state index contributed by atoms with van der Waals surface area (Å²) in [6.45, 7) is 1.61. The molecule has 0 saturated carbocycles. The second kappa shape index (κ2) is 5.29. The minimum atomic E-state index is -0.974. The van der Waals surface area contributed by atoms with Crippen molar-refractivity contribution >= 4 is 11.9 Å². The first-order chi connectivity index (χ1) is 7.90. The average molecular weight is 238 g/mol. The molecule has 0 aliphatic rings. The Balaban J connectivity index is 2.73. The van der Waals surface area contributed by atoms with Crippen LogP contribution in [0.5, 0.6) is 0 Å². The van der Waals surface area contributed by atoms with Crippen LogP contribution in [0.15, 0.2) is 23.1 Å². The van der Waals surface area contributed by atoms with Gasteiger partial charge >= 0.3 is 5.97 Å². The first-order valence-electron chi connectivity index (χ1n) is 5.09. The Morgan fingerprint density at radius 1 is 1.47 bits per heavy atom. The first-order valence-corrected chi connectivity index (χ1v) is 5.09. The zero-order chi connectivity index (χ0) is 13.0. The maximum atomic E-state index is 11.7. The van der Waals surface area contributed by atoms with E-state index < -0.39 is 17.9 Å². The number of aliphatic carboxylic acids is 1. The number of rotatable bonds is 4. The highest BCUT2D eigenvalue weighted by Crippen LogP contribution is 1.98. The first kappa shape index (κ1) is 13.0. The maximum absolute atomic E-state index is 11.7. The monoisotopic (exact) mass is 238 g/mol. The normalized spacial score (nSPS) is 11.9. The van der Waals surface area contributed by atoms with E-state index in [0.717, 1.165) is 0 Å². The summed E-state index contributed by atoms with van der Waals surface area (Å²) in [6, 6.07) is 2.24. The molecule has 1 rings (SSSR count). The molecule has 0 aliphatic heterocycles. The molecule has 0 fully saturated rings. The number of hydrogen-bond acceptors (Lipinski definition) is 3. The summed E-state index contributed by atoms with van der Waals surface area (Å²) in [5.41, 5.74) is 0.115. The Morgan fingerprint density at radius 3 is 2.65 bits per heavy atom. The van der Waals surface area contributed by atoms with E-state index >= 15 is 0 Å². The van der Waals surface area contributed by atoms with E-state index in [1.165, 1.54) is 22.9 Å². The highest BCUT2D eigenvalue weighted by molar-refractivity contribution is 5.94. The predicted octanol–water partition coefficient (Wildman–Crippen LogP) is -0.0217. The average Bonchev–Trinajstić information content (AvgIpc) is 2.20. The van der Waals surface area contributed by atoms with Gasteiger partial charge in [-0.1, -0.05) is 0 Å². The lowest BCUT2D eigenvalue weighted by molar-refractivity contribution is -0.137. The molecule has 17 heavy (non-hydrogen) atoms. The number of nitrogens with zero attached hydrogens (tertiary/aromatic N) is 1. The minimum absolute atomic E-state index is 0.141. The van der Waals surface area contributed by atoms with E-state index in [2.05, 4.69) is 5.32 Å². The van der Waals surface area contributed by atoms with Gasteiger partial charge in [-0.05, 0) is 13.0 Å². The summed E-state index contributed by atoms with van der Waals surface area (Å²) in [4.78, 5) is 33.2. The van der Waals surface area contributed by atoms with E-state index in [-0.39, 0.29) is 12.0 Å². The number of hydrogen-bond donors (Lipinski definition) is 2. The summed E-state index contributed by atoms with van der Waals surface area (Å²) in [5.74, 6) is -1.37. The molecular weight excluding hydrogens is 224 g/mol. The number of pyridine rings is 1. The standard InChI is InChI=1S/C11H14N2O4/c1-7(5-10(15)16)12-11(17)8-3-4-9(14)13(2)6-8/h3-4,6-7H,5H2,1-2H3,(H,12,17)(H,15,16). The van der Waals surface area contributed by atoms with Gasteiger partial charge in [0.2, 0.25) is 5.56 Å². The summed E-state index contributed by atoms with van der Waals surface area (Å²) < 4.78 is 1.29. The van der Waals surface area contributed by atoms with Gasteiger partial charge in [-0.2, -0.15) is 0 Å². The molecule has 1 aromatic rings. The number of amides is 1. The highest BCUT2D eigenvalue weighted by Gasteiger charge is 2.12. The largest absolute Gasteiger partial charge is 0.481 e. The van der Waals surface area contributed by atoms with E-state index in [0.29, 0.717) is 5.56 Å². The number of aryl methyl sites for hydroxylation is 1. The summed E-state index contributed by atoms with van der Waals surface area (Å²) in [5, 5.41) is 11.1. The second-order valence-electron chi connectivity index (χ2n) is 3.84. The van der Waals surface area contributed by atoms with Crippen LogP contribution in [0, 0.1) is 0 Å². The van der Waals surface area contributed by atoms with Gasteiger partial charge in [-0.3, -0.25) is 14.4 Å². The lowest BCUT2D eigenvalue weighted by Gasteiger charge is -2.11. The number of carbonyl (C=O) groups excluding carboxylic acids is 1. The van der Waals surface area contributed by atoms with Gasteiger partial charge in [-0.25, -0.2) is 0 Å². The molecule has 1 heterocycles. The highest BCUT2D eigenvalue weighted by atomic mass is 16.4. The van der Waals surface area contributed by atoms with Gasteiger partial charge in [0.05, 0.1) is 12.0 Å². The Kier molecular flexibility index (Phi) is 4.03. The smallest absolute Gasteiger partial charge is 0.305 e. The van der Waals surface area contributed by atoms with E-state index in [1.54, 1.807) is 14.0 Å². The summed E-state index contributed by atoms with van der Waals surface area (Å²) >= 11 is 0. The topological polar surface area (TPSA) is 88.4 Å². The number of carboxylic acid groups (broad SMARTS) is 1.